The van der Waals surface area contributed by atoms with Gasteiger partial charge in [-0.15, -0.1) is 0 Å². The number of nitrogens with zero attached hydrogens (tertiary/aromatic N) is 2. The summed E-state index contributed by atoms with van der Waals surface area (Å²) in [6.45, 7) is 4.54. The number of hydrogen-bond acceptors (Lipinski definition) is 3. The molecule has 3 heteroatoms. The smallest absolute Gasteiger partial charge is 0.194 e. The molecule has 0 amide bonds. The highest BCUT2D eigenvalue weighted by atomic mass is 15.3. The maximum Gasteiger partial charge on any atom is 0.194 e. The quantitative estimate of drug-likeness (QED) is 0.592. The van der Waals surface area contributed by atoms with Crippen LogP contribution in [0.4, 0.5) is 0 Å². The van der Waals surface area contributed by atoms with E-state index in [2.05, 4.69) is 15.2 Å². The molecule has 2 atom stereocenters. The summed E-state index contributed by atoms with van der Waals surface area (Å²) in [6.07, 6.45) is 4.37. The lowest BCUT2D eigenvalue weighted by Gasteiger charge is -2.18. The van der Waals surface area contributed by atoms with E-state index >= 15 is 0 Å². The van der Waals surface area contributed by atoms with E-state index in [9.17, 15) is 0 Å². The maximum absolute atomic E-state index is 4.48. The predicted octanol–water partition coefficient (Wildman–Crippen LogP) is 0.677. The normalized spacial score (nSPS) is 37.5. The van der Waals surface area contributed by atoms with E-state index in [1.165, 1.54) is 38.3 Å². The molecule has 0 bridgehead atoms. The Morgan fingerprint density at radius 2 is 2.00 bits per heavy atom. The van der Waals surface area contributed by atoms with E-state index in [0.29, 0.717) is 0 Å². The molecule has 0 spiro atoms. The average molecular weight is 179 g/mol. The molecular formula is C10H17N3. The topological polar surface area (TPSA) is 27.6 Å². The fourth-order valence-corrected chi connectivity index (χ4v) is 3.01. The van der Waals surface area contributed by atoms with Crippen molar-refractivity contribution in [3.63, 3.8) is 0 Å². The Balaban J connectivity index is 1.69. The Kier molecular flexibility index (Phi) is 1.70. The highest BCUT2D eigenvalue weighted by molar-refractivity contribution is 5.81. The monoisotopic (exact) mass is 179 g/mol. The molecule has 0 aromatic heterocycles. The minimum atomic E-state index is 0.973. The summed E-state index contributed by atoms with van der Waals surface area (Å²) in [7, 11) is 0. The van der Waals surface area contributed by atoms with Gasteiger partial charge in [-0.2, -0.15) is 0 Å². The third kappa shape index (κ3) is 1.21. The molecule has 1 saturated carbocycles. The summed E-state index contributed by atoms with van der Waals surface area (Å²) in [4.78, 5) is 6.94. The highest BCUT2D eigenvalue weighted by Crippen LogP contribution is 2.37. The van der Waals surface area contributed by atoms with E-state index in [1.54, 1.807) is 0 Å². The second-order valence-corrected chi connectivity index (χ2v) is 4.49. The Hall–Kier alpha value is -0.730. The molecular weight excluding hydrogens is 162 g/mol. The van der Waals surface area contributed by atoms with Crippen LogP contribution in [0, 0.1) is 11.8 Å². The third-order valence-corrected chi connectivity index (χ3v) is 3.68. The number of likely N-dealkylation sites (tertiary alicyclic amines) is 1. The molecule has 2 unspecified atom stereocenters. The first-order valence-corrected chi connectivity index (χ1v) is 5.47. The molecule has 1 saturated heterocycles. The molecule has 0 aromatic rings. The van der Waals surface area contributed by atoms with Gasteiger partial charge in [0.25, 0.3) is 0 Å². The van der Waals surface area contributed by atoms with E-state index in [0.717, 1.165) is 24.9 Å². The van der Waals surface area contributed by atoms with Gasteiger partial charge < -0.3 is 10.2 Å². The van der Waals surface area contributed by atoms with Crippen molar-refractivity contribution in [2.24, 2.45) is 16.8 Å². The van der Waals surface area contributed by atoms with Crippen LogP contribution in [0.15, 0.2) is 4.99 Å². The van der Waals surface area contributed by atoms with Gasteiger partial charge in [-0.25, -0.2) is 0 Å². The number of fused-ring (bicyclic) bond motifs is 1. The van der Waals surface area contributed by atoms with Crippen LogP contribution in [0.2, 0.25) is 0 Å². The molecule has 3 rings (SSSR count). The number of hydrogen-bond donors (Lipinski definition) is 1. The lowest BCUT2D eigenvalue weighted by molar-refractivity contribution is 0.453. The van der Waals surface area contributed by atoms with Crippen LogP contribution >= 0.6 is 0 Å². The molecule has 2 fully saturated rings. The van der Waals surface area contributed by atoms with Gasteiger partial charge in [-0.1, -0.05) is 6.42 Å². The molecule has 1 aliphatic carbocycles. The van der Waals surface area contributed by atoms with Crippen molar-refractivity contribution in [2.45, 2.75) is 19.3 Å². The predicted molar refractivity (Wildman–Crippen MR) is 52.7 cm³/mol. The largest absolute Gasteiger partial charge is 0.354 e. The minimum Gasteiger partial charge on any atom is -0.354 e. The van der Waals surface area contributed by atoms with Gasteiger partial charge in [0.2, 0.25) is 0 Å². The summed E-state index contributed by atoms with van der Waals surface area (Å²) >= 11 is 0. The molecule has 0 radical (unpaired) electrons. The first-order chi connectivity index (χ1) is 6.43. The van der Waals surface area contributed by atoms with Gasteiger partial charge in [-0.05, 0) is 24.7 Å². The minimum absolute atomic E-state index is 0.973. The second kappa shape index (κ2) is 2.89. The van der Waals surface area contributed by atoms with Crippen molar-refractivity contribution < 1.29 is 0 Å². The Labute approximate surface area is 79.2 Å². The zero-order chi connectivity index (χ0) is 8.67. The van der Waals surface area contributed by atoms with Crippen LogP contribution < -0.4 is 5.32 Å². The molecule has 72 valence electrons. The van der Waals surface area contributed by atoms with E-state index < -0.39 is 0 Å². The van der Waals surface area contributed by atoms with Crippen LogP contribution in [0.5, 0.6) is 0 Å². The molecule has 0 aromatic carbocycles. The van der Waals surface area contributed by atoms with E-state index in [4.69, 9.17) is 0 Å². The summed E-state index contributed by atoms with van der Waals surface area (Å²) in [5.41, 5.74) is 0. The summed E-state index contributed by atoms with van der Waals surface area (Å²) in [5, 5.41) is 3.36. The number of rotatable bonds is 0. The number of nitrogens with one attached hydrogen (secondary N) is 1. The van der Waals surface area contributed by atoms with Crippen molar-refractivity contribution in [2.75, 3.05) is 26.2 Å². The lowest BCUT2D eigenvalue weighted by atomic mass is 10.0. The SMILES string of the molecule is C1CC2CN(C3=NCCN3)CC2C1. The van der Waals surface area contributed by atoms with E-state index in [-0.39, 0.29) is 0 Å². The molecule has 13 heavy (non-hydrogen) atoms. The fraction of sp³-hybridized carbons (Fsp3) is 0.900. The van der Waals surface area contributed by atoms with Crippen LogP contribution in [0.25, 0.3) is 0 Å². The lowest BCUT2D eigenvalue weighted by Crippen LogP contribution is -2.37. The number of aliphatic imine (C=N–C) groups is 1. The summed E-state index contributed by atoms with van der Waals surface area (Å²) < 4.78 is 0. The van der Waals surface area contributed by atoms with Crippen LogP contribution in [-0.2, 0) is 0 Å². The first-order valence-electron chi connectivity index (χ1n) is 5.47. The van der Waals surface area contributed by atoms with Gasteiger partial charge in [0.05, 0.1) is 6.54 Å². The van der Waals surface area contributed by atoms with E-state index in [1.807, 2.05) is 0 Å². The van der Waals surface area contributed by atoms with Crippen LogP contribution in [0.1, 0.15) is 19.3 Å². The second-order valence-electron chi connectivity index (χ2n) is 4.49. The average Bonchev–Trinajstić information content (AvgIpc) is 2.78. The zero-order valence-corrected chi connectivity index (χ0v) is 8.00. The van der Waals surface area contributed by atoms with Crippen molar-refractivity contribution in [3.8, 4) is 0 Å². The Morgan fingerprint density at radius 1 is 1.23 bits per heavy atom. The molecule has 3 aliphatic rings. The molecule has 2 heterocycles. The summed E-state index contributed by atoms with van der Waals surface area (Å²) in [5.74, 6) is 3.13. The van der Waals surface area contributed by atoms with Crippen molar-refractivity contribution in [1.29, 1.82) is 0 Å². The zero-order valence-electron chi connectivity index (χ0n) is 8.00. The van der Waals surface area contributed by atoms with Crippen molar-refractivity contribution in [1.82, 2.24) is 10.2 Å². The van der Waals surface area contributed by atoms with Crippen LogP contribution in [-0.4, -0.2) is 37.0 Å². The first kappa shape index (κ1) is 7.65. The van der Waals surface area contributed by atoms with Crippen molar-refractivity contribution >= 4 is 5.96 Å². The van der Waals surface area contributed by atoms with Gasteiger partial charge in [0, 0.05) is 19.6 Å². The van der Waals surface area contributed by atoms with Gasteiger partial charge in [0.15, 0.2) is 5.96 Å². The Bertz CT molecular complexity index is 224. The molecule has 3 nitrogen and oxygen atoms in total. The highest BCUT2D eigenvalue weighted by Gasteiger charge is 2.37. The molecule has 1 N–H and O–H groups in total. The third-order valence-electron chi connectivity index (χ3n) is 3.68. The Morgan fingerprint density at radius 3 is 2.62 bits per heavy atom. The maximum atomic E-state index is 4.48. The standard InChI is InChI=1S/C10H17N3/c1-2-8-6-13(7-9(8)3-1)10-11-4-5-12-10/h8-9H,1-7H2,(H,11,12). The molecule has 2 aliphatic heterocycles. The van der Waals surface area contributed by atoms with Crippen molar-refractivity contribution in [3.05, 3.63) is 0 Å². The van der Waals surface area contributed by atoms with Crippen LogP contribution in [0.3, 0.4) is 0 Å². The van der Waals surface area contributed by atoms with Gasteiger partial charge in [0.1, 0.15) is 0 Å². The number of guanidine groups is 1. The summed E-state index contributed by atoms with van der Waals surface area (Å²) in [6, 6.07) is 0. The van der Waals surface area contributed by atoms with Gasteiger partial charge >= 0.3 is 0 Å². The van der Waals surface area contributed by atoms with Gasteiger partial charge in [-0.3, -0.25) is 4.99 Å². The fourth-order valence-electron chi connectivity index (χ4n) is 3.01.